The molecule has 0 radical (unpaired) electrons. The van der Waals surface area contributed by atoms with E-state index in [-0.39, 0.29) is 10.9 Å². The summed E-state index contributed by atoms with van der Waals surface area (Å²) in [7, 11) is 2.08. The Morgan fingerprint density at radius 1 is 1.23 bits per heavy atom. The lowest BCUT2D eigenvalue weighted by Gasteiger charge is -2.28. The molecule has 1 rings (SSSR count). The minimum atomic E-state index is -1.48. The zero-order valence-electron chi connectivity index (χ0n) is 11.6. The molecule has 0 aliphatic rings. The molecule has 22 heavy (non-hydrogen) atoms. The zero-order chi connectivity index (χ0) is 16.9. The van der Waals surface area contributed by atoms with Gasteiger partial charge in [0.25, 0.3) is 0 Å². The molecule has 1 aromatic carbocycles. The van der Waals surface area contributed by atoms with Crippen LogP contribution in [0.5, 0.6) is 5.75 Å². The second-order valence-electron chi connectivity index (χ2n) is 3.93. The van der Waals surface area contributed by atoms with Crippen molar-refractivity contribution in [3.8, 4) is 5.75 Å². The number of imide groups is 1. The van der Waals surface area contributed by atoms with E-state index in [9.17, 15) is 14.1 Å². The minimum absolute atomic E-state index is 0.0264. The van der Waals surface area contributed by atoms with Crippen LogP contribution in [0.25, 0.3) is 0 Å². The Morgan fingerprint density at radius 3 is 2.23 bits per heavy atom. The summed E-state index contributed by atoms with van der Waals surface area (Å²) in [6.45, 7) is 0. The maximum Gasteiger partial charge on any atom is 0.423 e. The summed E-state index contributed by atoms with van der Waals surface area (Å²) in [5.41, 5.74) is 0. The summed E-state index contributed by atoms with van der Waals surface area (Å²) >= 11 is 15.9. The van der Waals surface area contributed by atoms with E-state index in [0.717, 1.165) is 14.1 Å². The highest BCUT2D eigenvalue weighted by molar-refractivity contribution is 7.80. The number of rotatable bonds is 2. The molecule has 6 nitrogen and oxygen atoms in total. The van der Waals surface area contributed by atoms with Crippen molar-refractivity contribution in [2.24, 2.45) is 0 Å². The molecule has 10 heteroatoms. The van der Waals surface area contributed by atoms with Crippen molar-refractivity contribution >= 4 is 52.7 Å². The predicted octanol–water partition coefficient (Wildman–Crippen LogP) is 3.40. The van der Waals surface area contributed by atoms with E-state index in [0.29, 0.717) is 9.80 Å². The first-order chi connectivity index (χ1) is 10.3. The topological polar surface area (TPSA) is 53.1 Å². The van der Waals surface area contributed by atoms with E-state index in [1.165, 1.54) is 12.1 Å². The van der Waals surface area contributed by atoms with E-state index in [4.69, 9.17) is 40.2 Å². The maximum absolute atomic E-state index is 13.1. The van der Waals surface area contributed by atoms with Crippen LogP contribution in [-0.2, 0) is 0 Å². The number of nitrogens with zero attached hydrogens (tertiary/aromatic N) is 3. The van der Waals surface area contributed by atoms with E-state index in [2.05, 4.69) is 0 Å². The Hall–Kier alpha value is -1.64. The molecule has 0 saturated carbocycles. The van der Waals surface area contributed by atoms with E-state index in [1.807, 2.05) is 0 Å². The van der Waals surface area contributed by atoms with Gasteiger partial charge in [0.15, 0.2) is 4.96 Å². The molecule has 0 saturated heterocycles. The molecule has 0 N–H and O–H groups in total. The van der Waals surface area contributed by atoms with E-state index >= 15 is 0 Å². The second kappa shape index (κ2) is 8.11. The van der Waals surface area contributed by atoms with Crippen LogP contribution in [0.3, 0.4) is 0 Å². The fourth-order valence-corrected chi connectivity index (χ4v) is 1.95. The lowest BCUT2D eigenvalue weighted by atomic mass is 10.3. The molecule has 0 heterocycles. The summed E-state index contributed by atoms with van der Waals surface area (Å²) in [5.74, 6) is 0.234. The molecule has 0 atom stereocenters. The van der Waals surface area contributed by atoms with Gasteiger partial charge in [0.1, 0.15) is 5.75 Å². The van der Waals surface area contributed by atoms with Crippen molar-refractivity contribution in [3.63, 3.8) is 0 Å². The molecule has 0 aliphatic carbocycles. The van der Waals surface area contributed by atoms with Gasteiger partial charge in [-0.1, -0.05) is 45.9 Å². The third-order valence-corrected chi connectivity index (χ3v) is 3.22. The highest BCUT2D eigenvalue weighted by Crippen LogP contribution is 2.16. The van der Waals surface area contributed by atoms with Crippen LogP contribution in [0.4, 0.5) is 14.1 Å². The smallest absolute Gasteiger partial charge is 0.410 e. The highest BCUT2D eigenvalue weighted by atomic mass is 35.5. The third kappa shape index (κ3) is 4.69. The number of amides is 3. The van der Waals surface area contributed by atoms with Crippen LogP contribution in [0, 0.1) is 0 Å². The summed E-state index contributed by atoms with van der Waals surface area (Å²) in [6, 6.07) is 7.05. The van der Waals surface area contributed by atoms with Crippen molar-refractivity contribution in [2.45, 2.75) is 4.96 Å². The summed E-state index contributed by atoms with van der Waals surface area (Å²) in [4.78, 5) is 23.7. The number of alkyl halides is 2. The van der Waals surface area contributed by atoms with Crippen LogP contribution in [0.15, 0.2) is 30.3 Å². The normalized spacial score (nSPS) is 10.1. The zero-order valence-corrected chi connectivity index (χ0v) is 13.9. The summed E-state index contributed by atoms with van der Waals surface area (Å²) in [6.07, 6.45) is -1.00. The average Bonchev–Trinajstić information content (AvgIpc) is 2.46. The third-order valence-electron chi connectivity index (χ3n) is 2.38. The standard InChI is InChI=1S/C12H12Cl2FN3O3S/c1-16(12(20)21-8-6-4-3-5-7-8)10(19)18(9(13)14)11(22)17(2)15/h3-7,9H,1-2H3. The van der Waals surface area contributed by atoms with Crippen molar-refractivity contribution in [1.29, 1.82) is 0 Å². The molecule has 120 valence electrons. The number of benzene rings is 1. The number of hydrogen-bond donors (Lipinski definition) is 0. The first kappa shape index (κ1) is 18.4. The SMILES string of the molecule is CN(F)C(=S)N(C(=O)N(C)C(=O)Oc1ccccc1)C(Cl)Cl. The Labute approximate surface area is 141 Å². The largest absolute Gasteiger partial charge is 0.423 e. The van der Waals surface area contributed by atoms with Gasteiger partial charge in [0.05, 0.1) is 0 Å². The number of carbonyl (C=O) groups is 2. The number of urea groups is 1. The van der Waals surface area contributed by atoms with Gasteiger partial charge in [-0.3, -0.25) is 0 Å². The van der Waals surface area contributed by atoms with Crippen molar-refractivity contribution < 1.29 is 18.8 Å². The monoisotopic (exact) mass is 367 g/mol. The molecule has 3 amide bonds. The quantitative estimate of drug-likeness (QED) is 0.347. The first-order valence-electron chi connectivity index (χ1n) is 5.81. The Morgan fingerprint density at radius 2 is 1.77 bits per heavy atom. The van der Waals surface area contributed by atoms with Gasteiger partial charge in [-0.25, -0.2) is 19.4 Å². The number of ether oxygens (including phenoxy) is 1. The first-order valence-corrected chi connectivity index (χ1v) is 7.09. The number of halogens is 3. The lowest BCUT2D eigenvalue weighted by molar-refractivity contribution is 0.129. The Balaban J connectivity index is 2.85. The summed E-state index contributed by atoms with van der Waals surface area (Å²) in [5, 5.41) is -0.624. The Bertz CT molecular complexity index is 560. The van der Waals surface area contributed by atoms with Crippen LogP contribution in [0.2, 0.25) is 0 Å². The molecule has 0 fully saturated rings. The minimum Gasteiger partial charge on any atom is -0.410 e. The van der Waals surface area contributed by atoms with Crippen molar-refractivity contribution in [1.82, 2.24) is 14.9 Å². The molecule has 1 aromatic rings. The van der Waals surface area contributed by atoms with Gasteiger partial charge >= 0.3 is 12.1 Å². The average molecular weight is 368 g/mol. The van der Waals surface area contributed by atoms with Crippen LogP contribution in [-0.4, -0.2) is 51.2 Å². The van der Waals surface area contributed by atoms with E-state index in [1.54, 1.807) is 18.2 Å². The van der Waals surface area contributed by atoms with Crippen molar-refractivity contribution in [3.05, 3.63) is 30.3 Å². The number of thiocarbonyl (C=S) groups is 1. The lowest BCUT2D eigenvalue weighted by Crippen LogP contribution is -2.51. The van der Waals surface area contributed by atoms with Crippen LogP contribution >= 0.6 is 35.4 Å². The van der Waals surface area contributed by atoms with Crippen LogP contribution < -0.4 is 4.74 Å². The Kier molecular flexibility index (Phi) is 6.79. The molecule has 0 bridgehead atoms. The molecule has 0 aliphatic heterocycles. The summed E-state index contributed by atoms with van der Waals surface area (Å²) < 4.78 is 18.1. The molecule has 0 aromatic heterocycles. The van der Waals surface area contributed by atoms with Crippen LogP contribution in [0.1, 0.15) is 0 Å². The van der Waals surface area contributed by atoms with Gasteiger partial charge in [-0.2, -0.15) is 5.12 Å². The molecular formula is C12H12Cl2FN3O3S. The fraction of sp³-hybridized carbons (Fsp3) is 0.250. The molecular weight excluding hydrogens is 356 g/mol. The van der Waals surface area contributed by atoms with Gasteiger partial charge in [0, 0.05) is 14.1 Å². The molecule has 0 spiro atoms. The predicted molar refractivity (Wildman–Crippen MR) is 84.4 cm³/mol. The van der Waals surface area contributed by atoms with Gasteiger partial charge in [-0.15, -0.1) is 0 Å². The number of para-hydroxylation sites is 1. The van der Waals surface area contributed by atoms with Gasteiger partial charge in [-0.05, 0) is 24.4 Å². The second-order valence-corrected chi connectivity index (χ2v) is 5.35. The van der Waals surface area contributed by atoms with E-state index < -0.39 is 22.2 Å². The maximum atomic E-state index is 13.1. The van der Waals surface area contributed by atoms with Crippen molar-refractivity contribution in [2.75, 3.05) is 14.1 Å². The number of hydrogen-bond acceptors (Lipinski definition) is 4. The molecule has 0 unspecified atom stereocenters. The fourth-order valence-electron chi connectivity index (χ4n) is 1.29. The van der Waals surface area contributed by atoms with Gasteiger partial charge in [0.2, 0.25) is 5.11 Å². The highest BCUT2D eigenvalue weighted by Gasteiger charge is 2.32. The number of carbonyl (C=O) groups excluding carboxylic acids is 2. The van der Waals surface area contributed by atoms with Gasteiger partial charge < -0.3 is 4.74 Å².